The number of aromatic nitrogens is 10. The third-order valence-corrected chi connectivity index (χ3v) is 23.0. The van der Waals surface area contributed by atoms with Gasteiger partial charge in [-0.1, -0.05) is 240 Å². The second-order valence-electron chi connectivity index (χ2n) is 33.6. The zero-order valence-corrected chi connectivity index (χ0v) is 87.3. The number of para-hydroxylation sites is 2. The van der Waals surface area contributed by atoms with Crippen LogP contribution in [0.5, 0.6) is 0 Å². The second kappa shape index (κ2) is 49.1. The molecule has 0 saturated heterocycles. The van der Waals surface area contributed by atoms with Crippen LogP contribution in [0.25, 0.3) is 112 Å². The van der Waals surface area contributed by atoms with Crippen LogP contribution >= 0.6 is 0 Å². The topological polar surface area (TPSA) is 135 Å². The van der Waals surface area contributed by atoms with Gasteiger partial charge >= 0.3 is 84.3 Å². The molecule has 30 heteroatoms. The number of hydrogen-bond donors (Lipinski definition) is 0. The maximum Gasteiger partial charge on any atom is 2.00 e. The van der Waals surface area contributed by atoms with Crippen LogP contribution in [0.1, 0.15) is 61.6 Å². The molecule has 0 atom stereocenters. The molecule has 0 fully saturated rings. The van der Waals surface area contributed by atoms with Crippen molar-refractivity contribution in [3.05, 3.63) is 504 Å². The predicted molar refractivity (Wildman–Crippen MR) is 524 cm³/mol. The van der Waals surface area contributed by atoms with E-state index in [-0.39, 0.29) is 163 Å². The van der Waals surface area contributed by atoms with Gasteiger partial charge in [0, 0.05) is 85.8 Å². The van der Waals surface area contributed by atoms with Crippen molar-refractivity contribution in [3.63, 3.8) is 0 Å². The van der Waals surface area contributed by atoms with Crippen LogP contribution in [-0.2, 0) is 95.1 Å². The summed E-state index contributed by atoms with van der Waals surface area (Å²) >= 11 is 0. The Morgan fingerprint density at radius 3 is 0.865 bits per heavy atom. The maximum absolute atomic E-state index is 14.5. The standard InChI is InChI=1S/C37H28N2.C30H19F4N3.C28H15F4N3.C23H12F6N4.4Pt/c1-37(2,35-23-11-21-33(38-35)31-19-9-17-29(25-31)27-13-5-3-6-14-27)36-24-12-22-34(39-36)32-20-10-18-30(26-32)28-15-7-4-8-16-28;1-18-6-3-7-19(2)30(18)37(28-10-4-8-26(35-28)22-14-12-20(31)16-24(22)33)29-11-5-9-27(36-29)23-15-13-21(32)17-25(23)34;29-18-12-14-21(23(31)16-18)25-8-4-10-27(33-25)35(20-6-2-1-3-7-20)28-11-5-9-26(34-28)22-15-13-19(30)17-24(22)32;1-23(2,17-9-11(24)7-15(30-17)13-3-5-19(26)32-21(13)28)18-10-12(25)8-16(31-18)14-4-6-20(27)33-22(14)29;;;;/h3-18,21-26H,1-2H3;3-13,16-17H,1-2H3;1-13,16-17H;5-10H,1-2H3;;;;/q4*-2;4*+2. The van der Waals surface area contributed by atoms with Gasteiger partial charge in [-0.05, 0) is 182 Å². The van der Waals surface area contributed by atoms with E-state index >= 15 is 0 Å². The Morgan fingerprint density at radius 2 is 0.527 bits per heavy atom. The first kappa shape index (κ1) is 110. The number of halogens is 14. The van der Waals surface area contributed by atoms with Crippen LogP contribution < -0.4 is 9.80 Å². The Morgan fingerprint density at radius 1 is 0.230 bits per heavy atom. The molecule has 0 aliphatic carbocycles. The number of anilines is 6. The summed E-state index contributed by atoms with van der Waals surface area (Å²) in [6.45, 7) is 11.3. The zero-order chi connectivity index (χ0) is 101. The van der Waals surface area contributed by atoms with Gasteiger partial charge in [0.1, 0.15) is 58.7 Å². The molecule has 0 amide bonds. The number of hydrogen-bond acceptors (Lipinski definition) is 12. The monoisotopic (exact) mass is 2700 g/mol. The average molecular weight is 2710 g/mol. The van der Waals surface area contributed by atoms with Crippen LogP contribution in [-0.4, -0.2) is 49.8 Å². The zero-order valence-electron chi connectivity index (χ0n) is 78.3. The SMILES string of the molecule is CC(C)(c1cc(F)cc(-c2[c-]cc(F)nc2F)n1)c1cc(F)cc(-c2[c-]cc(F)nc2F)n1.CC(C)(c1cccc(-c2[c-]ccc(-c3ccccc3)c2)n1)c1cccc(-c2[c-]ccc(-c3ccccc3)c2)n1.Cc1cccc(C)c1N(c1cccc(-c2[c-]cc(F)cc2F)n1)c1cccc(-c2[c-]cc(F)cc2F)n1.Fc1c[c-]c(-c2cccc(N(c3ccccc3)c3cccc(-c4[c-]cc(F)cc4F)n3)n2)c(F)c1.[Pt+2].[Pt+2].[Pt+2].[Pt+2]. The largest absolute Gasteiger partial charge is 2.00 e. The summed E-state index contributed by atoms with van der Waals surface area (Å²) in [6, 6.07) is 115. The minimum Gasteiger partial charge on any atom is -0.300 e. The third-order valence-electron chi connectivity index (χ3n) is 23.0. The fraction of sp³-hybridized carbons (Fsp3) is 0.0678. The van der Waals surface area contributed by atoms with E-state index in [1.54, 1.807) is 82.6 Å². The van der Waals surface area contributed by atoms with Crippen LogP contribution in [0.2, 0.25) is 0 Å². The van der Waals surface area contributed by atoms with Gasteiger partial charge in [-0.15, -0.1) is 131 Å². The van der Waals surface area contributed by atoms with Crippen molar-refractivity contribution in [3.8, 4) is 112 Å². The normalized spacial score (nSPS) is 10.9. The molecular weight excluding hydrogens is 2630 g/mol. The van der Waals surface area contributed by atoms with Crippen LogP contribution in [0.15, 0.2) is 340 Å². The van der Waals surface area contributed by atoms with E-state index in [0.717, 1.165) is 147 Å². The smallest absolute Gasteiger partial charge is 0.300 e. The van der Waals surface area contributed by atoms with Crippen molar-refractivity contribution in [2.75, 3.05) is 9.80 Å². The first-order chi connectivity index (χ1) is 69.4. The van der Waals surface area contributed by atoms with Crippen molar-refractivity contribution in [2.24, 2.45) is 0 Å². The molecule has 20 rings (SSSR count). The Labute approximate surface area is 901 Å². The number of benzene rings is 10. The average Bonchev–Trinajstić information content (AvgIpc) is 0.881. The molecule has 0 unspecified atom stereocenters. The minimum atomic E-state index is -1.28. The van der Waals surface area contributed by atoms with Crippen molar-refractivity contribution in [2.45, 2.75) is 52.4 Å². The van der Waals surface area contributed by atoms with Crippen molar-refractivity contribution >= 4 is 34.6 Å². The predicted octanol–water partition coefficient (Wildman–Crippen LogP) is 29.9. The van der Waals surface area contributed by atoms with Crippen molar-refractivity contribution in [1.29, 1.82) is 0 Å². The summed E-state index contributed by atoms with van der Waals surface area (Å²) in [5.74, 6) is -10.8. The molecule has 12 nitrogen and oxygen atoms in total. The van der Waals surface area contributed by atoms with E-state index in [1.807, 2.05) is 98.8 Å². The molecular formula is C118H74F14N12Pt4. The van der Waals surface area contributed by atoms with Gasteiger partial charge in [0.15, 0.2) is 0 Å². The Bertz CT molecular complexity index is 7690. The van der Waals surface area contributed by atoms with Gasteiger partial charge in [-0.2, -0.15) is 0 Å². The Balaban J connectivity index is 0.000000164. The molecule has 10 heterocycles. The number of aryl methyl sites for hydroxylation is 2. The molecule has 0 saturated carbocycles. The first-order valence-corrected chi connectivity index (χ1v) is 44.5. The van der Waals surface area contributed by atoms with Gasteiger partial charge in [-0.25, -0.2) is 26.3 Å². The van der Waals surface area contributed by atoms with E-state index in [2.05, 4.69) is 199 Å². The van der Waals surface area contributed by atoms with Gasteiger partial charge in [0.2, 0.25) is 0 Å². The summed E-state index contributed by atoms with van der Waals surface area (Å²) in [5.41, 5.74) is 11.9. The second-order valence-corrected chi connectivity index (χ2v) is 33.6. The number of rotatable bonds is 20. The van der Waals surface area contributed by atoms with Gasteiger partial charge < -0.3 is 9.97 Å². The summed E-state index contributed by atoms with van der Waals surface area (Å²) in [4.78, 5) is 46.7. The van der Waals surface area contributed by atoms with Crippen LogP contribution in [0, 0.1) is 144 Å². The summed E-state index contributed by atoms with van der Waals surface area (Å²) in [5, 5.41) is 0. The van der Waals surface area contributed by atoms with Crippen LogP contribution in [0.3, 0.4) is 0 Å². The minimum absolute atomic E-state index is 0. The molecule has 0 N–H and O–H groups in total. The molecule has 20 aromatic rings. The van der Waals surface area contributed by atoms with Crippen LogP contribution in [0.4, 0.5) is 96.1 Å². The van der Waals surface area contributed by atoms with E-state index in [9.17, 15) is 61.5 Å². The molecule has 0 bridgehead atoms. The molecule has 148 heavy (non-hydrogen) atoms. The van der Waals surface area contributed by atoms with Crippen molar-refractivity contribution in [1.82, 2.24) is 49.8 Å². The Hall–Kier alpha value is -14.9. The fourth-order valence-electron chi connectivity index (χ4n) is 15.8. The molecule has 0 radical (unpaired) electrons. The molecule has 0 aliphatic heterocycles. The number of nitrogens with zero attached hydrogens (tertiary/aromatic N) is 12. The van der Waals surface area contributed by atoms with E-state index in [4.69, 9.17) is 9.97 Å². The molecule has 0 spiro atoms. The van der Waals surface area contributed by atoms with E-state index in [0.29, 0.717) is 29.0 Å². The summed E-state index contributed by atoms with van der Waals surface area (Å²) in [7, 11) is 0. The van der Waals surface area contributed by atoms with Gasteiger partial charge in [0.25, 0.3) is 0 Å². The molecule has 744 valence electrons. The molecule has 10 aromatic heterocycles. The quantitative estimate of drug-likeness (QED) is 0.0408. The van der Waals surface area contributed by atoms with Gasteiger partial charge in [-0.3, -0.25) is 84.8 Å². The van der Waals surface area contributed by atoms with E-state index < -0.39 is 92.8 Å². The number of pyridine rings is 10. The first-order valence-electron chi connectivity index (χ1n) is 44.5. The fourth-order valence-corrected chi connectivity index (χ4v) is 15.8. The summed E-state index contributed by atoms with van der Waals surface area (Å²) in [6.07, 6.45) is 0. The summed E-state index contributed by atoms with van der Waals surface area (Å²) < 4.78 is 195. The Kier molecular flexibility index (Phi) is 36.6. The van der Waals surface area contributed by atoms with Crippen molar-refractivity contribution < 1.29 is 146 Å². The van der Waals surface area contributed by atoms with Gasteiger partial charge in [0.05, 0.1) is 5.69 Å². The maximum atomic E-state index is 14.5. The third kappa shape index (κ3) is 25.8. The molecule has 0 aliphatic rings. The molecule has 10 aromatic carbocycles. The van der Waals surface area contributed by atoms with E-state index in [1.165, 1.54) is 25.0 Å².